The third kappa shape index (κ3) is 2.05. The van der Waals surface area contributed by atoms with Gasteiger partial charge in [0.05, 0.1) is 0 Å². The first-order chi connectivity index (χ1) is 9.54. The van der Waals surface area contributed by atoms with E-state index in [-0.39, 0.29) is 5.69 Å². The van der Waals surface area contributed by atoms with E-state index >= 15 is 0 Å². The Morgan fingerprint density at radius 3 is 2.55 bits per heavy atom. The maximum absolute atomic E-state index is 11.9. The fourth-order valence-corrected chi connectivity index (χ4v) is 2.08. The number of aryl methyl sites for hydroxylation is 3. The van der Waals surface area contributed by atoms with Gasteiger partial charge in [0, 0.05) is 24.5 Å². The number of nitrogens with zero attached hydrogens (tertiary/aromatic N) is 4. The average Bonchev–Trinajstić information content (AvgIpc) is 2.68. The number of aromatic nitrogens is 4. The highest BCUT2D eigenvalue weighted by molar-refractivity contribution is 5.58. The first kappa shape index (κ1) is 12.4. The van der Waals surface area contributed by atoms with Crippen LogP contribution in [0.15, 0.2) is 35.1 Å². The van der Waals surface area contributed by atoms with Crippen molar-refractivity contribution in [2.75, 3.05) is 5.32 Å². The second kappa shape index (κ2) is 4.48. The maximum Gasteiger partial charge on any atom is 0.351 e. The summed E-state index contributed by atoms with van der Waals surface area (Å²) in [6.07, 6.45) is 0. The van der Waals surface area contributed by atoms with Crippen LogP contribution in [0.4, 0.5) is 11.5 Å². The van der Waals surface area contributed by atoms with Crippen LogP contribution in [0.5, 0.6) is 0 Å². The van der Waals surface area contributed by atoms with Crippen molar-refractivity contribution in [1.29, 1.82) is 0 Å². The van der Waals surface area contributed by atoms with Gasteiger partial charge in [0.15, 0.2) is 0 Å². The number of hydrogen-bond acceptors (Lipinski definition) is 4. The molecule has 3 rings (SSSR count). The summed E-state index contributed by atoms with van der Waals surface area (Å²) in [5.74, 6) is 1.07. The van der Waals surface area contributed by atoms with Gasteiger partial charge in [-0.1, -0.05) is 17.7 Å². The lowest BCUT2D eigenvalue weighted by Crippen LogP contribution is -2.19. The Morgan fingerprint density at radius 1 is 1.15 bits per heavy atom. The van der Waals surface area contributed by atoms with Crippen molar-refractivity contribution < 1.29 is 0 Å². The molecular formula is C14H15N5O. The van der Waals surface area contributed by atoms with Crippen LogP contribution in [0.25, 0.3) is 5.78 Å². The van der Waals surface area contributed by atoms with Crippen LogP contribution < -0.4 is 11.0 Å². The number of hydrogen-bond donors (Lipinski definition) is 1. The number of anilines is 2. The van der Waals surface area contributed by atoms with Crippen molar-refractivity contribution in [3.8, 4) is 0 Å². The second-order valence-electron chi connectivity index (χ2n) is 4.82. The highest BCUT2D eigenvalue weighted by Gasteiger charge is 2.09. The van der Waals surface area contributed by atoms with Crippen LogP contribution in [0.1, 0.15) is 11.3 Å². The Morgan fingerprint density at radius 2 is 1.85 bits per heavy atom. The van der Waals surface area contributed by atoms with E-state index < -0.39 is 0 Å². The normalized spacial score (nSPS) is 10.9. The molecule has 0 aliphatic rings. The van der Waals surface area contributed by atoms with Crippen LogP contribution >= 0.6 is 0 Å². The molecule has 2 heterocycles. The zero-order chi connectivity index (χ0) is 14.3. The Balaban J connectivity index is 2.04. The van der Waals surface area contributed by atoms with E-state index in [1.807, 2.05) is 44.2 Å². The lowest BCUT2D eigenvalue weighted by molar-refractivity contribution is 0.730. The SMILES string of the molecule is Cc1ccc(Nc2cc(C)n3c(=O)n(C)nc3n2)cc1. The summed E-state index contributed by atoms with van der Waals surface area (Å²) >= 11 is 0. The molecule has 2 aromatic heterocycles. The Hall–Kier alpha value is -2.63. The lowest BCUT2D eigenvalue weighted by Gasteiger charge is -2.07. The van der Waals surface area contributed by atoms with Crippen LogP contribution in [0.3, 0.4) is 0 Å². The van der Waals surface area contributed by atoms with Gasteiger partial charge in [0.2, 0.25) is 0 Å². The molecule has 0 aliphatic heterocycles. The average molecular weight is 269 g/mol. The summed E-state index contributed by atoms with van der Waals surface area (Å²) in [4.78, 5) is 16.2. The van der Waals surface area contributed by atoms with Crippen molar-refractivity contribution in [3.63, 3.8) is 0 Å². The third-order valence-electron chi connectivity index (χ3n) is 3.15. The molecule has 1 aromatic carbocycles. The molecule has 0 saturated heterocycles. The topological polar surface area (TPSA) is 64.2 Å². The van der Waals surface area contributed by atoms with E-state index in [0.717, 1.165) is 11.4 Å². The third-order valence-corrected chi connectivity index (χ3v) is 3.15. The van der Waals surface area contributed by atoms with Crippen molar-refractivity contribution in [3.05, 3.63) is 52.1 Å². The van der Waals surface area contributed by atoms with Crippen molar-refractivity contribution in [2.24, 2.45) is 7.05 Å². The largest absolute Gasteiger partial charge is 0.351 e. The number of fused-ring (bicyclic) bond motifs is 1. The van der Waals surface area contributed by atoms with Crippen molar-refractivity contribution >= 4 is 17.3 Å². The van der Waals surface area contributed by atoms with Gasteiger partial charge < -0.3 is 5.32 Å². The zero-order valence-corrected chi connectivity index (χ0v) is 11.6. The van der Waals surface area contributed by atoms with Gasteiger partial charge in [-0.15, -0.1) is 5.10 Å². The fourth-order valence-electron chi connectivity index (χ4n) is 2.08. The molecule has 0 fully saturated rings. The van der Waals surface area contributed by atoms with Gasteiger partial charge in [0.1, 0.15) is 5.82 Å². The zero-order valence-electron chi connectivity index (χ0n) is 11.6. The molecule has 1 N–H and O–H groups in total. The summed E-state index contributed by atoms with van der Waals surface area (Å²) in [6.45, 7) is 3.90. The Kier molecular flexibility index (Phi) is 2.78. The number of rotatable bonds is 2. The molecule has 6 nitrogen and oxygen atoms in total. The van der Waals surface area contributed by atoms with E-state index in [1.54, 1.807) is 7.05 Å². The summed E-state index contributed by atoms with van der Waals surface area (Å²) in [7, 11) is 1.61. The quantitative estimate of drug-likeness (QED) is 0.770. The number of benzene rings is 1. The molecule has 3 aromatic rings. The molecule has 102 valence electrons. The van der Waals surface area contributed by atoms with Crippen LogP contribution in [-0.2, 0) is 7.05 Å². The number of nitrogens with one attached hydrogen (secondary N) is 1. The Labute approximate surface area is 115 Å². The predicted molar refractivity (Wildman–Crippen MR) is 77.4 cm³/mol. The summed E-state index contributed by atoms with van der Waals surface area (Å²) < 4.78 is 2.77. The van der Waals surface area contributed by atoms with E-state index in [4.69, 9.17) is 0 Å². The minimum absolute atomic E-state index is 0.188. The van der Waals surface area contributed by atoms with Crippen LogP contribution in [0, 0.1) is 13.8 Å². The molecule has 6 heteroatoms. The molecule has 0 amide bonds. The minimum Gasteiger partial charge on any atom is -0.340 e. The van der Waals surface area contributed by atoms with Crippen molar-refractivity contribution in [2.45, 2.75) is 13.8 Å². The molecule has 0 radical (unpaired) electrons. The maximum atomic E-state index is 11.9. The van der Waals surface area contributed by atoms with Gasteiger partial charge >= 0.3 is 5.69 Å². The minimum atomic E-state index is -0.188. The summed E-state index contributed by atoms with van der Waals surface area (Å²) in [5, 5.41) is 7.32. The summed E-state index contributed by atoms with van der Waals surface area (Å²) in [5.41, 5.74) is 2.76. The van der Waals surface area contributed by atoms with E-state index in [2.05, 4.69) is 15.4 Å². The fraction of sp³-hybridized carbons (Fsp3) is 0.214. The standard InChI is InChI=1S/C14H15N5O/c1-9-4-6-11(7-5-9)15-12-8-10(2)19-13(16-12)17-18(3)14(19)20/h4-8H,1-3H3,(H,15,16,17). The van der Waals surface area contributed by atoms with Crippen molar-refractivity contribution in [1.82, 2.24) is 19.2 Å². The smallest absolute Gasteiger partial charge is 0.340 e. The molecule has 20 heavy (non-hydrogen) atoms. The van der Waals surface area contributed by atoms with E-state index in [0.29, 0.717) is 11.6 Å². The van der Waals surface area contributed by atoms with E-state index in [9.17, 15) is 4.79 Å². The lowest BCUT2D eigenvalue weighted by atomic mass is 10.2. The highest BCUT2D eigenvalue weighted by Crippen LogP contribution is 2.16. The summed E-state index contributed by atoms with van der Waals surface area (Å²) in [6, 6.07) is 9.86. The predicted octanol–water partition coefficient (Wildman–Crippen LogP) is 1.79. The molecule has 0 unspecified atom stereocenters. The molecule has 0 spiro atoms. The first-order valence-electron chi connectivity index (χ1n) is 6.32. The molecule has 0 bridgehead atoms. The van der Waals surface area contributed by atoms with E-state index in [1.165, 1.54) is 14.6 Å². The van der Waals surface area contributed by atoms with Crippen LogP contribution in [0.2, 0.25) is 0 Å². The van der Waals surface area contributed by atoms with Gasteiger partial charge in [-0.3, -0.25) is 0 Å². The molecular weight excluding hydrogens is 254 g/mol. The highest BCUT2D eigenvalue weighted by atomic mass is 16.2. The van der Waals surface area contributed by atoms with Crippen LogP contribution in [-0.4, -0.2) is 19.2 Å². The van der Waals surface area contributed by atoms with Gasteiger partial charge in [-0.25, -0.2) is 13.9 Å². The molecule has 0 saturated carbocycles. The molecule has 0 atom stereocenters. The molecule has 0 aliphatic carbocycles. The monoisotopic (exact) mass is 269 g/mol. The Bertz CT molecular complexity index is 829. The second-order valence-corrected chi connectivity index (χ2v) is 4.82. The first-order valence-corrected chi connectivity index (χ1v) is 6.32. The van der Waals surface area contributed by atoms with Gasteiger partial charge in [0.25, 0.3) is 5.78 Å². The van der Waals surface area contributed by atoms with Gasteiger partial charge in [-0.05, 0) is 26.0 Å². The van der Waals surface area contributed by atoms with Gasteiger partial charge in [-0.2, -0.15) is 4.98 Å².